The number of carbonyl (C=O) groups excluding carboxylic acids is 1. The maximum Gasteiger partial charge on any atom is 0.241 e. The topological polar surface area (TPSA) is 74.5 Å². The molecule has 1 fully saturated rings. The average Bonchev–Trinajstić information content (AvgIpc) is 3.33. The Labute approximate surface area is 190 Å². The van der Waals surface area contributed by atoms with E-state index in [2.05, 4.69) is 27.9 Å². The number of nitrogens with zero attached hydrogens (tertiary/aromatic N) is 4. The summed E-state index contributed by atoms with van der Waals surface area (Å²) in [6.07, 6.45) is 6.77. The number of likely N-dealkylation sites (N-methyl/N-ethyl adjacent to an activating group) is 1. The molecule has 0 atom stereocenters. The Morgan fingerprint density at radius 3 is 2.59 bits per heavy atom. The lowest BCUT2D eigenvalue weighted by atomic mass is 10.1. The first-order valence-corrected chi connectivity index (χ1v) is 9.86. The SMILES string of the molecule is CN(C)C(=O)CNC(=NCc1cn(C)nc1-c1ccccc1)NC1CCCC1.I. The molecular weight excluding hydrogens is 479 g/mol. The van der Waals surface area contributed by atoms with Crippen LogP contribution in [0.2, 0.25) is 0 Å². The highest BCUT2D eigenvalue weighted by Gasteiger charge is 2.17. The molecule has 0 radical (unpaired) electrons. The summed E-state index contributed by atoms with van der Waals surface area (Å²) in [6, 6.07) is 10.6. The van der Waals surface area contributed by atoms with Gasteiger partial charge < -0.3 is 15.5 Å². The predicted molar refractivity (Wildman–Crippen MR) is 127 cm³/mol. The molecule has 2 N–H and O–H groups in total. The molecular formula is C21H31IN6O. The van der Waals surface area contributed by atoms with Crippen LogP contribution >= 0.6 is 24.0 Å². The second-order valence-corrected chi connectivity index (χ2v) is 7.47. The van der Waals surface area contributed by atoms with E-state index in [1.807, 2.05) is 36.1 Å². The predicted octanol–water partition coefficient (Wildman–Crippen LogP) is 2.77. The molecule has 1 aromatic carbocycles. The van der Waals surface area contributed by atoms with Gasteiger partial charge in [-0.1, -0.05) is 43.2 Å². The third-order valence-electron chi connectivity index (χ3n) is 4.96. The zero-order valence-electron chi connectivity index (χ0n) is 17.4. The van der Waals surface area contributed by atoms with Crippen LogP contribution in [-0.4, -0.2) is 53.2 Å². The summed E-state index contributed by atoms with van der Waals surface area (Å²) in [6.45, 7) is 0.723. The van der Waals surface area contributed by atoms with Crippen LogP contribution in [0, 0.1) is 0 Å². The number of rotatable bonds is 6. The van der Waals surface area contributed by atoms with Crippen LogP contribution in [0.15, 0.2) is 41.5 Å². The van der Waals surface area contributed by atoms with Gasteiger partial charge in [0, 0.05) is 44.5 Å². The van der Waals surface area contributed by atoms with E-state index in [0.717, 1.165) is 29.7 Å². The summed E-state index contributed by atoms with van der Waals surface area (Å²) < 4.78 is 1.82. The van der Waals surface area contributed by atoms with Crippen molar-refractivity contribution in [2.45, 2.75) is 38.3 Å². The molecule has 1 saturated carbocycles. The van der Waals surface area contributed by atoms with Gasteiger partial charge in [0.2, 0.25) is 5.91 Å². The van der Waals surface area contributed by atoms with E-state index in [-0.39, 0.29) is 36.4 Å². The Bertz CT molecular complexity index is 812. The van der Waals surface area contributed by atoms with Crippen LogP contribution in [0.3, 0.4) is 0 Å². The first-order valence-electron chi connectivity index (χ1n) is 9.86. The molecule has 0 saturated heterocycles. The number of benzene rings is 1. The molecule has 8 heteroatoms. The molecule has 0 aliphatic heterocycles. The maximum atomic E-state index is 12.0. The van der Waals surface area contributed by atoms with Crippen molar-refractivity contribution >= 4 is 35.8 Å². The van der Waals surface area contributed by atoms with Gasteiger partial charge in [-0.15, -0.1) is 24.0 Å². The standard InChI is InChI=1S/C21H30N6O.HI/c1-26(2)19(28)14-23-21(24-18-11-7-8-12-18)22-13-17-15-27(3)25-20(17)16-9-5-4-6-10-16;/h4-6,9-10,15,18H,7-8,11-14H2,1-3H3,(H2,22,23,24);1H. The van der Waals surface area contributed by atoms with Gasteiger partial charge in [-0.25, -0.2) is 4.99 Å². The molecule has 1 aliphatic rings. The van der Waals surface area contributed by atoms with Crippen molar-refractivity contribution in [2.75, 3.05) is 20.6 Å². The van der Waals surface area contributed by atoms with E-state index < -0.39 is 0 Å². The molecule has 0 bridgehead atoms. The molecule has 0 unspecified atom stereocenters. The average molecular weight is 510 g/mol. The Balaban J connectivity index is 0.00000300. The largest absolute Gasteiger partial charge is 0.354 e. The van der Waals surface area contributed by atoms with Crippen LogP contribution in [0.1, 0.15) is 31.2 Å². The van der Waals surface area contributed by atoms with Crippen molar-refractivity contribution in [3.05, 3.63) is 42.1 Å². The molecule has 158 valence electrons. The summed E-state index contributed by atoms with van der Waals surface area (Å²) in [7, 11) is 5.44. The summed E-state index contributed by atoms with van der Waals surface area (Å²) >= 11 is 0. The van der Waals surface area contributed by atoms with Gasteiger partial charge in [0.1, 0.15) is 0 Å². The number of guanidine groups is 1. The molecule has 1 aromatic heterocycles. The Kier molecular flexibility index (Phi) is 8.94. The smallest absolute Gasteiger partial charge is 0.241 e. The van der Waals surface area contributed by atoms with Gasteiger partial charge in [0.25, 0.3) is 0 Å². The molecule has 29 heavy (non-hydrogen) atoms. The molecule has 2 aromatic rings. The van der Waals surface area contributed by atoms with Crippen LogP contribution in [0.4, 0.5) is 0 Å². The molecule has 0 spiro atoms. The number of nitrogens with one attached hydrogen (secondary N) is 2. The Hall–Kier alpha value is -2.10. The lowest BCUT2D eigenvalue weighted by Gasteiger charge is -2.18. The number of aryl methyl sites for hydroxylation is 1. The molecule has 7 nitrogen and oxygen atoms in total. The van der Waals surface area contributed by atoms with E-state index in [0.29, 0.717) is 18.5 Å². The molecule has 3 rings (SSSR count). The quantitative estimate of drug-likeness (QED) is 0.356. The second kappa shape index (κ2) is 11.2. The van der Waals surface area contributed by atoms with Crippen molar-refractivity contribution in [1.29, 1.82) is 0 Å². The van der Waals surface area contributed by atoms with E-state index in [1.165, 1.54) is 12.8 Å². The maximum absolute atomic E-state index is 12.0. The molecule has 1 amide bonds. The molecule has 1 heterocycles. The highest BCUT2D eigenvalue weighted by Crippen LogP contribution is 2.22. The number of aliphatic imine (C=N–C) groups is 1. The van der Waals surface area contributed by atoms with Crippen molar-refractivity contribution in [1.82, 2.24) is 25.3 Å². The fraction of sp³-hybridized carbons (Fsp3) is 0.476. The fourth-order valence-corrected chi connectivity index (χ4v) is 3.39. The van der Waals surface area contributed by atoms with Gasteiger partial charge in [-0.2, -0.15) is 5.10 Å². The zero-order valence-corrected chi connectivity index (χ0v) is 19.7. The Morgan fingerprint density at radius 2 is 1.93 bits per heavy atom. The number of hydrogen-bond acceptors (Lipinski definition) is 3. The van der Waals surface area contributed by atoms with Crippen LogP contribution in [-0.2, 0) is 18.4 Å². The van der Waals surface area contributed by atoms with Crippen molar-refractivity contribution in [3.8, 4) is 11.3 Å². The third kappa shape index (κ3) is 6.73. The minimum atomic E-state index is 0. The van der Waals surface area contributed by atoms with Gasteiger partial charge >= 0.3 is 0 Å². The highest BCUT2D eigenvalue weighted by atomic mass is 127. The Morgan fingerprint density at radius 1 is 1.24 bits per heavy atom. The molecule has 1 aliphatic carbocycles. The van der Waals surface area contributed by atoms with Gasteiger partial charge in [0.05, 0.1) is 18.8 Å². The van der Waals surface area contributed by atoms with Crippen LogP contribution < -0.4 is 10.6 Å². The first kappa shape index (κ1) is 23.2. The van der Waals surface area contributed by atoms with Crippen molar-refractivity contribution in [2.24, 2.45) is 12.0 Å². The van der Waals surface area contributed by atoms with Gasteiger partial charge in [-0.3, -0.25) is 9.48 Å². The minimum absolute atomic E-state index is 0. The lowest BCUT2D eigenvalue weighted by Crippen LogP contribution is -2.46. The summed E-state index contributed by atoms with van der Waals surface area (Å²) in [5.74, 6) is 0.706. The first-order chi connectivity index (χ1) is 13.5. The fourth-order valence-electron chi connectivity index (χ4n) is 3.39. The summed E-state index contributed by atoms with van der Waals surface area (Å²) in [5.41, 5.74) is 3.07. The number of hydrogen-bond donors (Lipinski definition) is 2. The van der Waals surface area contributed by atoms with Crippen LogP contribution in [0.5, 0.6) is 0 Å². The van der Waals surface area contributed by atoms with Crippen molar-refractivity contribution < 1.29 is 4.79 Å². The summed E-state index contributed by atoms with van der Waals surface area (Å²) in [4.78, 5) is 18.3. The van der Waals surface area contributed by atoms with Crippen LogP contribution in [0.25, 0.3) is 11.3 Å². The second-order valence-electron chi connectivity index (χ2n) is 7.47. The van der Waals surface area contributed by atoms with Crippen molar-refractivity contribution in [3.63, 3.8) is 0 Å². The van der Waals surface area contributed by atoms with Gasteiger partial charge in [0.15, 0.2) is 5.96 Å². The lowest BCUT2D eigenvalue weighted by molar-refractivity contribution is -0.127. The summed E-state index contributed by atoms with van der Waals surface area (Å²) in [5, 5.41) is 11.3. The monoisotopic (exact) mass is 510 g/mol. The van der Waals surface area contributed by atoms with E-state index >= 15 is 0 Å². The minimum Gasteiger partial charge on any atom is -0.354 e. The number of halogens is 1. The van der Waals surface area contributed by atoms with E-state index in [9.17, 15) is 4.79 Å². The van der Waals surface area contributed by atoms with E-state index in [1.54, 1.807) is 19.0 Å². The third-order valence-corrected chi connectivity index (χ3v) is 4.96. The number of carbonyl (C=O) groups is 1. The van der Waals surface area contributed by atoms with E-state index in [4.69, 9.17) is 4.99 Å². The number of amides is 1. The normalized spacial score (nSPS) is 14.4. The van der Waals surface area contributed by atoms with Gasteiger partial charge in [-0.05, 0) is 12.8 Å². The zero-order chi connectivity index (χ0) is 19.9. The number of aromatic nitrogens is 2. The highest BCUT2D eigenvalue weighted by molar-refractivity contribution is 14.0.